The summed E-state index contributed by atoms with van der Waals surface area (Å²) in [6.07, 6.45) is 0. The first kappa shape index (κ1) is 32.4. The molecule has 55 heavy (non-hydrogen) atoms. The van der Waals surface area contributed by atoms with Crippen molar-refractivity contribution in [2.45, 2.75) is 0 Å². The predicted molar refractivity (Wildman–Crippen MR) is 235 cm³/mol. The largest absolute Gasteiger partial charge is 0.309 e. The van der Waals surface area contributed by atoms with Crippen LogP contribution in [0.1, 0.15) is 0 Å². The lowest BCUT2D eigenvalue weighted by Gasteiger charge is -2.30. The monoisotopic (exact) mass is 699 g/mol. The van der Waals surface area contributed by atoms with E-state index in [2.05, 4.69) is 229 Å². The van der Waals surface area contributed by atoms with E-state index >= 15 is 0 Å². The fourth-order valence-electron chi connectivity index (χ4n) is 8.25. The number of benzene rings is 10. The van der Waals surface area contributed by atoms with Crippen molar-refractivity contribution in [3.63, 3.8) is 0 Å². The molecule has 0 atom stereocenters. The van der Waals surface area contributed by atoms with Crippen LogP contribution in [0.5, 0.6) is 0 Å². The molecule has 0 amide bonds. The Balaban J connectivity index is 1.18. The third kappa shape index (κ3) is 5.93. The van der Waals surface area contributed by atoms with Crippen molar-refractivity contribution in [2.75, 3.05) is 4.90 Å². The zero-order valence-electron chi connectivity index (χ0n) is 30.3. The summed E-state index contributed by atoms with van der Waals surface area (Å²) in [5.74, 6) is 0. The molecule has 0 spiro atoms. The van der Waals surface area contributed by atoms with E-state index in [1.54, 1.807) is 0 Å². The van der Waals surface area contributed by atoms with Crippen molar-refractivity contribution in [3.05, 3.63) is 224 Å². The first-order valence-corrected chi connectivity index (χ1v) is 18.9. The molecule has 0 unspecified atom stereocenters. The quantitative estimate of drug-likeness (QED) is 0.150. The van der Waals surface area contributed by atoms with Gasteiger partial charge in [-0.3, -0.25) is 0 Å². The average molecular weight is 700 g/mol. The molecule has 0 radical (unpaired) electrons. The smallest absolute Gasteiger partial charge is 0.0540 e. The maximum absolute atomic E-state index is 2.46. The Morgan fingerprint density at radius 3 is 1.58 bits per heavy atom. The number of hydrogen-bond donors (Lipinski definition) is 0. The number of fused-ring (bicyclic) bond motifs is 4. The van der Waals surface area contributed by atoms with E-state index in [0.717, 1.165) is 17.1 Å². The Morgan fingerprint density at radius 1 is 0.236 bits per heavy atom. The minimum absolute atomic E-state index is 1.10. The van der Waals surface area contributed by atoms with Crippen LogP contribution in [0.25, 0.3) is 76.8 Å². The van der Waals surface area contributed by atoms with Crippen molar-refractivity contribution in [1.29, 1.82) is 0 Å². The van der Waals surface area contributed by atoms with Gasteiger partial charge in [-0.25, -0.2) is 0 Å². The summed E-state index contributed by atoms with van der Waals surface area (Å²) in [6.45, 7) is 0. The third-order valence-corrected chi connectivity index (χ3v) is 10.9. The molecule has 1 nitrogen and oxygen atoms in total. The molecule has 0 bridgehead atoms. The molecule has 0 N–H and O–H groups in total. The second-order valence-corrected chi connectivity index (χ2v) is 14.1. The van der Waals surface area contributed by atoms with Gasteiger partial charge >= 0.3 is 0 Å². The minimum Gasteiger partial charge on any atom is -0.309 e. The highest BCUT2D eigenvalue weighted by Gasteiger charge is 2.21. The van der Waals surface area contributed by atoms with Crippen molar-refractivity contribution >= 4 is 49.4 Å². The molecule has 0 saturated heterocycles. The highest BCUT2D eigenvalue weighted by molar-refractivity contribution is 6.12. The molecule has 0 aliphatic rings. The zero-order valence-corrected chi connectivity index (χ0v) is 30.3. The van der Waals surface area contributed by atoms with Crippen molar-refractivity contribution in [1.82, 2.24) is 0 Å². The molecule has 0 aromatic heterocycles. The normalized spacial score (nSPS) is 11.3. The van der Waals surface area contributed by atoms with Crippen LogP contribution in [-0.2, 0) is 0 Å². The number of hydrogen-bond acceptors (Lipinski definition) is 1. The second-order valence-electron chi connectivity index (χ2n) is 14.1. The maximum Gasteiger partial charge on any atom is 0.0540 e. The maximum atomic E-state index is 2.46. The highest BCUT2D eigenvalue weighted by atomic mass is 15.1. The van der Waals surface area contributed by atoms with E-state index in [0.29, 0.717) is 0 Å². The number of rotatable bonds is 7. The van der Waals surface area contributed by atoms with Gasteiger partial charge in [0.05, 0.1) is 11.4 Å². The highest BCUT2D eigenvalue weighted by Crippen LogP contribution is 2.46. The molecule has 10 rings (SSSR count). The van der Waals surface area contributed by atoms with E-state index in [1.807, 2.05) is 0 Å². The molecule has 0 fully saturated rings. The Hall–Kier alpha value is -7.22. The Kier molecular flexibility index (Phi) is 8.24. The van der Waals surface area contributed by atoms with Gasteiger partial charge in [-0.05, 0) is 90.1 Å². The number of nitrogens with zero attached hydrogens (tertiary/aromatic N) is 1. The summed E-state index contributed by atoms with van der Waals surface area (Å²) < 4.78 is 0. The molecule has 0 saturated carbocycles. The standard InChI is InChI=1S/C54H37N/c1-3-15-38(16-4-1)39-29-31-42(32-30-39)48-23-11-12-28-53(48)55(54-36-35-47(40-17-5-2-6-18-40)50-24-9-10-25-52(50)54)44-21-13-20-43(37-44)46-26-14-27-49-45-22-8-7-19-41(45)33-34-51(46)49/h1-37H. The van der Waals surface area contributed by atoms with Crippen LogP contribution in [0.2, 0.25) is 0 Å². The van der Waals surface area contributed by atoms with Crippen LogP contribution in [0.3, 0.4) is 0 Å². The molecule has 1 heteroatoms. The van der Waals surface area contributed by atoms with E-state index in [1.165, 1.54) is 76.8 Å². The molecule has 0 heterocycles. The van der Waals surface area contributed by atoms with Crippen LogP contribution in [0, 0.1) is 0 Å². The van der Waals surface area contributed by atoms with Gasteiger partial charge in [0.25, 0.3) is 0 Å². The summed E-state index contributed by atoms with van der Waals surface area (Å²) >= 11 is 0. The molecule has 10 aromatic carbocycles. The first-order valence-electron chi connectivity index (χ1n) is 18.9. The predicted octanol–water partition coefficient (Wildman–Crippen LogP) is 15.3. The van der Waals surface area contributed by atoms with Crippen LogP contribution in [0.15, 0.2) is 224 Å². The van der Waals surface area contributed by atoms with E-state index in [-0.39, 0.29) is 0 Å². The zero-order chi connectivity index (χ0) is 36.6. The Labute approximate surface area is 322 Å². The second kappa shape index (κ2) is 14.0. The summed E-state index contributed by atoms with van der Waals surface area (Å²) in [6, 6.07) is 81.5. The lowest BCUT2D eigenvalue weighted by Crippen LogP contribution is -2.12. The van der Waals surface area contributed by atoms with Gasteiger partial charge in [0.1, 0.15) is 0 Å². The van der Waals surface area contributed by atoms with Gasteiger partial charge in [0.15, 0.2) is 0 Å². The van der Waals surface area contributed by atoms with Gasteiger partial charge in [0.2, 0.25) is 0 Å². The average Bonchev–Trinajstić information content (AvgIpc) is 3.27. The van der Waals surface area contributed by atoms with E-state index in [4.69, 9.17) is 0 Å². The van der Waals surface area contributed by atoms with Gasteiger partial charge < -0.3 is 4.90 Å². The fraction of sp³-hybridized carbons (Fsp3) is 0. The number of para-hydroxylation sites is 1. The van der Waals surface area contributed by atoms with Crippen LogP contribution < -0.4 is 4.90 Å². The molecule has 258 valence electrons. The lowest BCUT2D eigenvalue weighted by atomic mass is 9.93. The lowest BCUT2D eigenvalue weighted by molar-refractivity contribution is 1.30. The van der Waals surface area contributed by atoms with Gasteiger partial charge in [-0.1, -0.05) is 200 Å². The topological polar surface area (TPSA) is 3.24 Å². The Bertz CT molecular complexity index is 2960. The van der Waals surface area contributed by atoms with Crippen molar-refractivity contribution < 1.29 is 0 Å². The summed E-state index contributed by atoms with van der Waals surface area (Å²) in [5, 5.41) is 7.47. The van der Waals surface area contributed by atoms with Gasteiger partial charge in [0, 0.05) is 16.6 Å². The van der Waals surface area contributed by atoms with Gasteiger partial charge in [-0.15, -0.1) is 0 Å². The van der Waals surface area contributed by atoms with Gasteiger partial charge in [-0.2, -0.15) is 0 Å². The molecular formula is C54H37N. The fourth-order valence-corrected chi connectivity index (χ4v) is 8.25. The third-order valence-electron chi connectivity index (χ3n) is 10.9. The van der Waals surface area contributed by atoms with E-state index < -0.39 is 0 Å². The first-order chi connectivity index (χ1) is 27.3. The van der Waals surface area contributed by atoms with Crippen LogP contribution >= 0.6 is 0 Å². The van der Waals surface area contributed by atoms with Crippen molar-refractivity contribution in [2.24, 2.45) is 0 Å². The molecular weight excluding hydrogens is 663 g/mol. The SMILES string of the molecule is c1ccc(-c2ccc(-c3ccccc3N(c3cccc(-c4cccc5c4ccc4ccccc45)c3)c3ccc(-c4ccccc4)c4ccccc34)cc2)cc1. The summed E-state index contributed by atoms with van der Waals surface area (Å²) in [5.41, 5.74) is 12.9. The minimum atomic E-state index is 1.10. The summed E-state index contributed by atoms with van der Waals surface area (Å²) in [4.78, 5) is 2.46. The van der Waals surface area contributed by atoms with E-state index in [9.17, 15) is 0 Å². The Morgan fingerprint density at radius 2 is 0.764 bits per heavy atom. The van der Waals surface area contributed by atoms with Crippen LogP contribution in [0.4, 0.5) is 17.1 Å². The van der Waals surface area contributed by atoms with Crippen molar-refractivity contribution in [3.8, 4) is 44.5 Å². The van der Waals surface area contributed by atoms with Crippen LogP contribution in [-0.4, -0.2) is 0 Å². The molecule has 0 aliphatic carbocycles. The number of anilines is 3. The molecule has 0 aliphatic heterocycles. The molecule has 10 aromatic rings. The summed E-state index contributed by atoms with van der Waals surface area (Å²) in [7, 11) is 0.